The van der Waals surface area contributed by atoms with Gasteiger partial charge in [-0.05, 0) is 30.2 Å². The Morgan fingerprint density at radius 1 is 1.24 bits per heavy atom. The fourth-order valence-corrected chi connectivity index (χ4v) is 2.71. The average Bonchev–Trinajstić information content (AvgIpc) is 2.38. The Kier molecular flexibility index (Phi) is 4.67. The molecule has 1 amide bonds. The SMILES string of the molecule is CN1CCN(C(=O)CC(C)(C)C)CC1c1ccc(F)cc1. The maximum absolute atomic E-state index is 13.1. The van der Waals surface area contributed by atoms with Crippen molar-refractivity contribution in [2.24, 2.45) is 5.41 Å². The number of benzene rings is 1. The molecular formula is C17H25FN2O. The second-order valence-corrected chi connectivity index (χ2v) is 7.13. The lowest BCUT2D eigenvalue weighted by Gasteiger charge is -2.40. The largest absolute Gasteiger partial charge is 0.339 e. The minimum atomic E-state index is -0.224. The first kappa shape index (κ1) is 16.0. The van der Waals surface area contributed by atoms with E-state index in [2.05, 4.69) is 32.7 Å². The van der Waals surface area contributed by atoms with E-state index in [-0.39, 0.29) is 23.2 Å². The van der Waals surface area contributed by atoms with Crippen molar-refractivity contribution in [3.05, 3.63) is 35.6 Å². The zero-order valence-corrected chi connectivity index (χ0v) is 13.4. The molecule has 1 atom stereocenters. The van der Waals surface area contributed by atoms with Gasteiger partial charge in [0.2, 0.25) is 5.91 Å². The van der Waals surface area contributed by atoms with Crippen LogP contribution in [0, 0.1) is 11.2 Å². The van der Waals surface area contributed by atoms with E-state index in [0.29, 0.717) is 13.0 Å². The summed E-state index contributed by atoms with van der Waals surface area (Å²) in [4.78, 5) is 16.6. The molecule has 1 unspecified atom stereocenters. The smallest absolute Gasteiger partial charge is 0.223 e. The minimum Gasteiger partial charge on any atom is -0.339 e. The molecule has 1 aromatic carbocycles. The third-order valence-electron chi connectivity index (χ3n) is 3.94. The van der Waals surface area contributed by atoms with Gasteiger partial charge in [0.05, 0.1) is 6.04 Å². The zero-order chi connectivity index (χ0) is 15.6. The number of likely N-dealkylation sites (N-methyl/N-ethyl adjacent to an activating group) is 1. The van der Waals surface area contributed by atoms with Gasteiger partial charge in [0.15, 0.2) is 0 Å². The van der Waals surface area contributed by atoms with Gasteiger partial charge in [-0.25, -0.2) is 4.39 Å². The molecule has 0 aliphatic carbocycles. The normalized spacial score (nSPS) is 20.6. The first-order chi connectivity index (χ1) is 9.76. The molecule has 1 fully saturated rings. The Labute approximate surface area is 126 Å². The summed E-state index contributed by atoms with van der Waals surface area (Å²) in [6, 6.07) is 6.74. The molecule has 0 bridgehead atoms. The van der Waals surface area contributed by atoms with Gasteiger partial charge in [-0.15, -0.1) is 0 Å². The number of hydrogen-bond acceptors (Lipinski definition) is 2. The molecule has 3 nitrogen and oxygen atoms in total. The predicted octanol–water partition coefficient (Wildman–Crippen LogP) is 3.08. The van der Waals surface area contributed by atoms with Crippen LogP contribution >= 0.6 is 0 Å². The zero-order valence-electron chi connectivity index (χ0n) is 13.4. The van der Waals surface area contributed by atoms with Crippen molar-refractivity contribution in [1.29, 1.82) is 0 Å². The van der Waals surface area contributed by atoms with Gasteiger partial charge in [-0.1, -0.05) is 32.9 Å². The van der Waals surface area contributed by atoms with Gasteiger partial charge < -0.3 is 4.90 Å². The molecule has 116 valence electrons. The van der Waals surface area contributed by atoms with Crippen molar-refractivity contribution in [2.45, 2.75) is 33.2 Å². The molecule has 0 N–H and O–H groups in total. The van der Waals surface area contributed by atoms with Crippen LogP contribution < -0.4 is 0 Å². The third-order valence-corrected chi connectivity index (χ3v) is 3.94. The van der Waals surface area contributed by atoms with Gasteiger partial charge >= 0.3 is 0 Å². The summed E-state index contributed by atoms with van der Waals surface area (Å²) in [6.45, 7) is 8.54. The second-order valence-electron chi connectivity index (χ2n) is 7.13. The van der Waals surface area contributed by atoms with Crippen molar-refractivity contribution < 1.29 is 9.18 Å². The standard InChI is InChI=1S/C17H25FN2O/c1-17(2,3)11-16(21)20-10-9-19(4)15(12-20)13-5-7-14(18)8-6-13/h5-8,15H,9-12H2,1-4H3. The summed E-state index contributed by atoms with van der Waals surface area (Å²) in [7, 11) is 2.06. The van der Waals surface area contributed by atoms with Crippen LogP contribution in [-0.2, 0) is 4.79 Å². The fraction of sp³-hybridized carbons (Fsp3) is 0.588. The van der Waals surface area contributed by atoms with E-state index < -0.39 is 0 Å². The van der Waals surface area contributed by atoms with E-state index in [4.69, 9.17) is 0 Å². The molecule has 1 aromatic rings. The van der Waals surface area contributed by atoms with Gasteiger partial charge in [0.1, 0.15) is 5.82 Å². The number of carbonyl (C=O) groups is 1. The molecule has 0 saturated carbocycles. The molecule has 21 heavy (non-hydrogen) atoms. The molecule has 1 aliphatic heterocycles. The Morgan fingerprint density at radius 2 is 1.86 bits per heavy atom. The number of hydrogen-bond donors (Lipinski definition) is 0. The van der Waals surface area contributed by atoms with Crippen LogP contribution in [0.2, 0.25) is 0 Å². The summed E-state index contributed by atoms with van der Waals surface area (Å²) in [5.74, 6) is -0.0133. The van der Waals surface area contributed by atoms with Crippen molar-refractivity contribution >= 4 is 5.91 Å². The summed E-state index contributed by atoms with van der Waals surface area (Å²) in [5.41, 5.74) is 1.07. The number of amides is 1. The van der Waals surface area contributed by atoms with Gasteiger partial charge in [-0.2, -0.15) is 0 Å². The van der Waals surface area contributed by atoms with Crippen molar-refractivity contribution in [2.75, 3.05) is 26.7 Å². The summed E-state index contributed by atoms with van der Waals surface area (Å²) >= 11 is 0. The number of carbonyl (C=O) groups excluding carboxylic acids is 1. The first-order valence-corrected chi connectivity index (χ1v) is 7.50. The molecule has 2 rings (SSSR count). The van der Waals surface area contributed by atoms with Crippen molar-refractivity contribution in [1.82, 2.24) is 9.80 Å². The van der Waals surface area contributed by atoms with E-state index in [1.807, 2.05) is 17.0 Å². The molecule has 4 heteroatoms. The van der Waals surface area contributed by atoms with Gasteiger partial charge in [-0.3, -0.25) is 9.69 Å². The Balaban J connectivity index is 2.09. The van der Waals surface area contributed by atoms with Crippen LogP contribution in [0.1, 0.15) is 38.8 Å². The molecule has 1 aliphatic rings. The fourth-order valence-electron chi connectivity index (χ4n) is 2.71. The second kappa shape index (κ2) is 6.14. The molecule has 0 aromatic heterocycles. The van der Waals surface area contributed by atoms with Crippen LogP contribution in [-0.4, -0.2) is 42.4 Å². The van der Waals surface area contributed by atoms with Crippen LogP contribution in [0.5, 0.6) is 0 Å². The van der Waals surface area contributed by atoms with E-state index in [9.17, 15) is 9.18 Å². The molecule has 0 radical (unpaired) electrons. The number of nitrogens with zero attached hydrogens (tertiary/aromatic N) is 2. The molecule has 1 saturated heterocycles. The van der Waals surface area contributed by atoms with E-state index in [1.54, 1.807) is 0 Å². The van der Waals surface area contributed by atoms with Crippen LogP contribution in [0.25, 0.3) is 0 Å². The summed E-state index contributed by atoms with van der Waals surface area (Å²) < 4.78 is 13.1. The highest BCUT2D eigenvalue weighted by Crippen LogP contribution is 2.26. The molecule has 0 spiro atoms. The lowest BCUT2D eigenvalue weighted by molar-refractivity contribution is -0.135. The first-order valence-electron chi connectivity index (χ1n) is 7.50. The molecular weight excluding hydrogens is 267 g/mol. The van der Waals surface area contributed by atoms with Crippen LogP contribution in [0.3, 0.4) is 0 Å². The maximum Gasteiger partial charge on any atom is 0.223 e. The lowest BCUT2D eigenvalue weighted by atomic mass is 9.91. The van der Waals surface area contributed by atoms with E-state index in [1.165, 1.54) is 12.1 Å². The van der Waals surface area contributed by atoms with Gasteiger partial charge in [0.25, 0.3) is 0 Å². The maximum atomic E-state index is 13.1. The average molecular weight is 292 g/mol. The van der Waals surface area contributed by atoms with E-state index in [0.717, 1.165) is 18.7 Å². The Bertz CT molecular complexity index is 493. The van der Waals surface area contributed by atoms with Crippen LogP contribution in [0.15, 0.2) is 24.3 Å². The minimum absolute atomic E-state index is 0.00576. The number of rotatable bonds is 2. The van der Waals surface area contributed by atoms with Crippen LogP contribution in [0.4, 0.5) is 4.39 Å². The summed E-state index contributed by atoms with van der Waals surface area (Å²) in [5, 5.41) is 0. The monoisotopic (exact) mass is 292 g/mol. The quantitative estimate of drug-likeness (QED) is 0.836. The van der Waals surface area contributed by atoms with E-state index >= 15 is 0 Å². The highest BCUT2D eigenvalue weighted by molar-refractivity contribution is 5.77. The summed E-state index contributed by atoms with van der Waals surface area (Å²) in [6.07, 6.45) is 0.562. The Morgan fingerprint density at radius 3 is 2.43 bits per heavy atom. The highest BCUT2D eigenvalue weighted by atomic mass is 19.1. The predicted molar refractivity (Wildman–Crippen MR) is 82.4 cm³/mol. The highest BCUT2D eigenvalue weighted by Gasteiger charge is 2.30. The topological polar surface area (TPSA) is 23.6 Å². The van der Waals surface area contributed by atoms with Crippen molar-refractivity contribution in [3.8, 4) is 0 Å². The van der Waals surface area contributed by atoms with Crippen molar-refractivity contribution in [3.63, 3.8) is 0 Å². The lowest BCUT2D eigenvalue weighted by Crippen LogP contribution is -2.49. The van der Waals surface area contributed by atoms with Gasteiger partial charge in [0, 0.05) is 26.1 Å². The number of halogens is 1. The molecule has 1 heterocycles. The number of piperazine rings is 1. The Hall–Kier alpha value is -1.42. The third kappa shape index (κ3) is 4.27.